The molecule has 2 heterocycles. The number of aromatic nitrogens is 1. The van der Waals surface area contributed by atoms with Crippen LogP contribution < -0.4 is 10.1 Å². The van der Waals surface area contributed by atoms with Crippen molar-refractivity contribution in [1.82, 2.24) is 14.8 Å². The van der Waals surface area contributed by atoms with Crippen LogP contribution in [-0.2, 0) is 6.54 Å². The van der Waals surface area contributed by atoms with E-state index in [0.717, 1.165) is 23.6 Å². The molecule has 1 aromatic carbocycles. The number of halogens is 1. The number of alkyl halides is 1. The van der Waals surface area contributed by atoms with Crippen LogP contribution in [-0.4, -0.2) is 41.6 Å². The monoisotopic (exact) mass is 333 g/mol. The van der Waals surface area contributed by atoms with Gasteiger partial charge in [0.1, 0.15) is 5.75 Å². The van der Waals surface area contributed by atoms with Gasteiger partial charge >= 0.3 is 6.03 Å². The minimum atomic E-state index is -0.111. The Hall–Kier alpha value is -2.14. The average molecular weight is 334 g/mol. The maximum absolute atomic E-state index is 12.5. The zero-order valence-corrected chi connectivity index (χ0v) is 13.8. The zero-order chi connectivity index (χ0) is 16.2. The highest BCUT2D eigenvalue weighted by atomic mass is 35.5. The molecular weight excluding hydrogens is 314 g/mol. The summed E-state index contributed by atoms with van der Waals surface area (Å²) in [6.07, 6.45) is 2.06. The second-order valence-electron chi connectivity index (χ2n) is 5.42. The van der Waals surface area contributed by atoms with Gasteiger partial charge < -0.3 is 19.5 Å². The van der Waals surface area contributed by atoms with E-state index in [-0.39, 0.29) is 12.1 Å². The van der Waals surface area contributed by atoms with Gasteiger partial charge in [0.25, 0.3) is 0 Å². The van der Waals surface area contributed by atoms with Crippen molar-refractivity contribution in [1.29, 1.82) is 0 Å². The number of nitrogens with zero attached hydrogens (tertiary/aromatic N) is 2. The number of urea groups is 1. The summed E-state index contributed by atoms with van der Waals surface area (Å²) in [6.45, 7) is 1.92. The van der Waals surface area contributed by atoms with Crippen LogP contribution in [0.1, 0.15) is 17.3 Å². The Kier molecular flexibility index (Phi) is 4.76. The molecule has 3 rings (SSSR count). The highest BCUT2D eigenvalue weighted by Gasteiger charge is 2.31. The molecule has 0 saturated carbocycles. The van der Waals surface area contributed by atoms with E-state index in [1.54, 1.807) is 7.11 Å². The SMILES string of the molecule is COc1ccc([C@H]2c3cccn3CCN2C(=O)NCCCl)cc1. The fourth-order valence-corrected chi connectivity index (χ4v) is 3.09. The third-order valence-electron chi connectivity index (χ3n) is 4.10. The number of benzene rings is 1. The largest absolute Gasteiger partial charge is 0.497 e. The van der Waals surface area contributed by atoms with Crippen molar-refractivity contribution < 1.29 is 9.53 Å². The van der Waals surface area contributed by atoms with Crippen molar-refractivity contribution in [2.24, 2.45) is 0 Å². The van der Waals surface area contributed by atoms with Gasteiger partial charge in [0, 0.05) is 37.4 Å². The molecule has 0 radical (unpaired) electrons. The first kappa shape index (κ1) is 15.7. The van der Waals surface area contributed by atoms with Gasteiger partial charge in [-0.3, -0.25) is 0 Å². The number of hydrogen-bond acceptors (Lipinski definition) is 2. The number of methoxy groups -OCH3 is 1. The Morgan fingerprint density at radius 1 is 1.30 bits per heavy atom. The van der Waals surface area contributed by atoms with Crippen LogP contribution in [0.15, 0.2) is 42.6 Å². The first-order chi connectivity index (χ1) is 11.2. The van der Waals surface area contributed by atoms with Gasteiger partial charge in [-0.1, -0.05) is 12.1 Å². The molecular formula is C17H20ClN3O2. The van der Waals surface area contributed by atoms with Gasteiger partial charge in [0.15, 0.2) is 0 Å². The molecule has 2 aromatic rings. The van der Waals surface area contributed by atoms with Crippen molar-refractivity contribution in [3.8, 4) is 5.75 Å². The van der Waals surface area contributed by atoms with Gasteiger partial charge in [-0.15, -0.1) is 11.6 Å². The molecule has 1 aliphatic heterocycles. The lowest BCUT2D eigenvalue weighted by Gasteiger charge is -2.37. The summed E-state index contributed by atoms with van der Waals surface area (Å²) >= 11 is 5.68. The molecule has 2 amide bonds. The van der Waals surface area contributed by atoms with E-state index in [2.05, 4.69) is 22.1 Å². The van der Waals surface area contributed by atoms with E-state index in [4.69, 9.17) is 16.3 Å². The Morgan fingerprint density at radius 2 is 2.09 bits per heavy atom. The summed E-state index contributed by atoms with van der Waals surface area (Å²) in [7, 11) is 1.65. The van der Waals surface area contributed by atoms with E-state index in [1.165, 1.54) is 0 Å². The molecule has 1 aliphatic rings. The summed E-state index contributed by atoms with van der Waals surface area (Å²) < 4.78 is 7.42. The summed E-state index contributed by atoms with van der Waals surface area (Å²) in [4.78, 5) is 14.4. The van der Waals surface area contributed by atoms with Gasteiger partial charge in [0.05, 0.1) is 13.2 Å². The van der Waals surface area contributed by atoms with E-state index in [9.17, 15) is 4.79 Å². The average Bonchev–Trinajstić information content (AvgIpc) is 3.07. The highest BCUT2D eigenvalue weighted by Crippen LogP contribution is 2.33. The molecule has 1 N–H and O–H groups in total. The van der Waals surface area contributed by atoms with Crippen LogP contribution in [0, 0.1) is 0 Å². The highest BCUT2D eigenvalue weighted by molar-refractivity contribution is 6.18. The molecule has 6 heteroatoms. The molecule has 5 nitrogen and oxygen atoms in total. The molecule has 0 spiro atoms. The Morgan fingerprint density at radius 3 is 2.78 bits per heavy atom. The van der Waals surface area contributed by atoms with Crippen molar-refractivity contribution in [2.75, 3.05) is 26.1 Å². The van der Waals surface area contributed by atoms with Crippen LogP contribution in [0.2, 0.25) is 0 Å². The number of fused-ring (bicyclic) bond motifs is 1. The van der Waals surface area contributed by atoms with Crippen molar-refractivity contribution >= 4 is 17.6 Å². The second-order valence-corrected chi connectivity index (χ2v) is 5.79. The van der Waals surface area contributed by atoms with Crippen molar-refractivity contribution in [3.05, 3.63) is 53.9 Å². The fraction of sp³-hybridized carbons (Fsp3) is 0.353. The molecule has 0 fully saturated rings. The molecule has 0 unspecified atom stereocenters. The molecule has 122 valence electrons. The number of ether oxygens (including phenoxy) is 1. The van der Waals surface area contributed by atoms with Crippen LogP contribution in [0.4, 0.5) is 4.79 Å². The molecule has 0 bridgehead atoms. The number of carbonyl (C=O) groups is 1. The van der Waals surface area contributed by atoms with Crippen LogP contribution in [0.3, 0.4) is 0 Å². The maximum Gasteiger partial charge on any atom is 0.318 e. The summed E-state index contributed by atoms with van der Waals surface area (Å²) in [6, 6.07) is 11.8. The lowest BCUT2D eigenvalue weighted by molar-refractivity contribution is 0.169. The lowest BCUT2D eigenvalue weighted by Crippen LogP contribution is -2.47. The minimum Gasteiger partial charge on any atom is -0.497 e. The van der Waals surface area contributed by atoms with Crippen molar-refractivity contribution in [2.45, 2.75) is 12.6 Å². The van der Waals surface area contributed by atoms with Crippen LogP contribution >= 0.6 is 11.6 Å². The van der Waals surface area contributed by atoms with E-state index in [1.807, 2.05) is 35.2 Å². The lowest BCUT2D eigenvalue weighted by atomic mass is 10.00. The quantitative estimate of drug-likeness (QED) is 0.875. The van der Waals surface area contributed by atoms with Gasteiger partial charge in [0.2, 0.25) is 0 Å². The molecule has 1 atom stereocenters. The van der Waals surface area contributed by atoms with Crippen molar-refractivity contribution in [3.63, 3.8) is 0 Å². The smallest absolute Gasteiger partial charge is 0.318 e. The zero-order valence-electron chi connectivity index (χ0n) is 13.0. The van der Waals surface area contributed by atoms with E-state index >= 15 is 0 Å². The Labute approximate surface area is 140 Å². The third-order valence-corrected chi connectivity index (χ3v) is 4.29. The molecule has 0 saturated heterocycles. The number of rotatable bonds is 4. The van der Waals surface area contributed by atoms with E-state index < -0.39 is 0 Å². The van der Waals surface area contributed by atoms with E-state index in [0.29, 0.717) is 19.0 Å². The molecule has 23 heavy (non-hydrogen) atoms. The van der Waals surface area contributed by atoms with Gasteiger partial charge in [-0.25, -0.2) is 4.79 Å². The third kappa shape index (κ3) is 3.15. The predicted octanol–water partition coefficient (Wildman–Crippen LogP) is 2.85. The maximum atomic E-state index is 12.5. The first-order valence-electron chi connectivity index (χ1n) is 7.64. The first-order valence-corrected chi connectivity index (χ1v) is 8.17. The number of carbonyl (C=O) groups excluding carboxylic acids is 1. The second kappa shape index (κ2) is 6.96. The summed E-state index contributed by atoms with van der Waals surface area (Å²) in [5.41, 5.74) is 2.17. The van der Waals surface area contributed by atoms with Crippen LogP contribution in [0.5, 0.6) is 5.75 Å². The summed E-state index contributed by atoms with van der Waals surface area (Å²) in [5.74, 6) is 1.21. The number of nitrogens with one attached hydrogen (secondary N) is 1. The minimum absolute atomic E-state index is 0.0843. The van der Waals surface area contributed by atoms with Crippen LogP contribution in [0.25, 0.3) is 0 Å². The molecule has 0 aliphatic carbocycles. The number of hydrogen-bond donors (Lipinski definition) is 1. The summed E-state index contributed by atoms with van der Waals surface area (Å²) in [5, 5.41) is 2.87. The molecule has 1 aromatic heterocycles. The standard InChI is InChI=1S/C17H20ClN3O2/c1-23-14-6-4-13(5-7-14)16-15-3-2-10-20(15)11-12-21(16)17(22)19-9-8-18/h2-7,10,16H,8-9,11-12H2,1H3,(H,19,22)/t16-/m0/s1. The normalized spacial score (nSPS) is 16.8. The van der Waals surface area contributed by atoms with Gasteiger partial charge in [-0.2, -0.15) is 0 Å². The van der Waals surface area contributed by atoms with Gasteiger partial charge in [-0.05, 0) is 29.8 Å². The fourth-order valence-electron chi connectivity index (χ4n) is 2.99. The Balaban J connectivity index is 1.94. The predicted molar refractivity (Wildman–Crippen MR) is 90.1 cm³/mol. The topological polar surface area (TPSA) is 46.5 Å². The number of amides is 2. The Bertz CT molecular complexity index is 669.